The van der Waals surface area contributed by atoms with Gasteiger partial charge in [-0.1, -0.05) is 6.08 Å². The molecule has 0 N–H and O–H groups in total. The van der Waals surface area contributed by atoms with E-state index in [4.69, 9.17) is 9.47 Å². The van der Waals surface area contributed by atoms with Gasteiger partial charge in [-0.2, -0.15) is 0 Å². The van der Waals surface area contributed by atoms with E-state index in [1.165, 1.54) is 12.1 Å². The third-order valence-electron chi connectivity index (χ3n) is 4.74. The number of ether oxygens (including phenoxy) is 2. The van der Waals surface area contributed by atoms with Crippen molar-refractivity contribution in [2.75, 3.05) is 32.9 Å². The standard InChI is InChI=1S/C17H26N2O2S/c1-3-8-20-13-17-6-4-9-21-16(17)5-7-19(12-17)10-15-11-22-14(2)18-15/h3,11,16H,1,4-10,12-13H2,2H3/t16-,17-/m0/s1. The summed E-state index contributed by atoms with van der Waals surface area (Å²) in [5.41, 5.74) is 1.34. The van der Waals surface area contributed by atoms with Crippen molar-refractivity contribution >= 4 is 11.3 Å². The number of aromatic nitrogens is 1. The van der Waals surface area contributed by atoms with Crippen LogP contribution in [0.2, 0.25) is 0 Å². The molecule has 0 spiro atoms. The van der Waals surface area contributed by atoms with Crippen LogP contribution in [-0.2, 0) is 16.0 Å². The lowest BCUT2D eigenvalue weighted by atomic mass is 9.73. The predicted octanol–water partition coefficient (Wildman–Crippen LogP) is 3.03. The lowest BCUT2D eigenvalue weighted by Crippen LogP contribution is -2.56. The number of thiazole rings is 1. The summed E-state index contributed by atoms with van der Waals surface area (Å²) in [6, 6.07) is 0. The SMILES string of the molecule is C=CCOC[C@@]12CCCO[C@H]1CCN(Cc1csc(C)n1)C2. The van der Waals surface area contributed by atoms with Crippen LogP contribution in [0.25, 0.3) is 0 Å². The Morgan fingerprint density at radius 3 is 3.32 bits per heavy atom. The highest BCUT2D eigenvalue weighted by atomic mass is 32.1. The first-order chi connectivity index (χ1) is 10.7. The zero-order valence-electron chi connectivity index (χ0n) is 13.4. The highest BCUT2D eigenvalue weighted by Gasteiger charge is 2.46. The summed E-state index contributed by atoms with van der Waals surface area (Å²) in [5.74, 6) is 0. The third-order valence-corrected chi connectivity index (χ3v) is 5.57. The molecule has 0 amide bonds. The van der Waals surface area contributed by atoms with Crippen LogP contribution < -0.4 is 0 Å². The van der Waals surface area contributed by atoms with Crippen molar-refractivity contribution in [2.24, 2.45) is 5.41 Å². The molecule has 5 heteroatoms. The van der Waals surface area contributed by atoms with Crippen LogP contribution in [-0.4, -0.2) is 48.9 Å². The fraction of sp³-hybridized carbons (Fsp3) is 0.706. The van der Waals surface area contributed by atoms with Crippen LogP contribution in [0.5, 0.6) is 0 Å². The Hall–Kier alpha value is -0.750. The van der Waals surface area contributed by atoms with E-state index < -0.39 is 0 Å². The first-order valence-electron chi connectivity index (χ1n) is 8.15. The van der Waals surface area contributed by atoms with Crippen molar-refractivity contribution in [3.8, 4) is 0 Å². The number of fused-ring (bicyclic) bond motifs is 1. The Morgan fingerprint density at radius 1 is 1.64 bits per heavy atom. The molecule has 2 atom stereocenters. The number of piperidine rings is 1. The fourth-order valence-corrected chi connectivity index (χ4v) is 4.39. The topological polar surface area (TPSA) is 34.6 Å². The highest BCUT2D eigenvalue weighted by molar-refractivity contribution is 7.09. The molecule has 2 aliphatic rings. The molecule has 1 aromatic heterocycles. The summed E-state index contributed by atoms with van der Waals surface area (Å²) in [4.78, 5) is 7.13. The van der Waals surface area contributed by atoms with E-state index in [0.717, 1.165) is 50.7 Å². The largest absolute Gasteiger partial charge is 0.377 e. The van der Waals surface area contributed by atoms with E-state index in [1.807, 2.05) is 6.08 Å². The molecular weight excluding hydrogens is 296 g/mol. The van der Waals surface area contributed by atoms with Gasteiger partial charge < -0.3 is 9.47 Å². The van der Waals surface area contributed by atoms with Crippen molar-refractivity contribution in [1.82, 2.24) is 9.88 Å². The molecule has 0 radical (unpaired) electrons. The molecule has 3 heterocycles. The Kier molecular flexibility index (Phi) is 5.29. The minimum absolute atomic E-state index is 0.143. The summed E-state index contributed by atoms with van der Waals surface area (Å²) >= 11 is 1.73. The first-order valence-corrected chi connectivity index (χ1v) is 9.03. The van der Waals surface area contributed by atoms with Gasteiger partial charge in [0.05, 0.1) is 30.0 Å². The van der Waals surface area contributed by atoms with E-state index in [0.29, 0.717) is 12.7 Å². The van der Waals surface area contributed by atoms with Gasteiger partial charge in [-0.25, -0.2) is 4.98 Å². The van der Waals surface area contributed by atoms with Crippen molar-refractivity contribution in [3.05, 3.63) is 28.7 Å². The monoisotopic (exact) mass is 322 g/mol. The van der Waals surface area contributed by atoms with Gasteiger partial charge in [0.25, 0.3) is 0 Å². The van der Waals surface area contributed by atoms with Gasteiger partial charge in [0.1, 0.15) is 0 Å². The Balaban J connectivity index is 1.66. The predicted molar refractivity (Wildman–Crippen MR) is 89.2 cm³/mol. The maximum absolute atomic E-state index is 6.07. The van der Waals surface area contributed by atoms with E-state index in [2.05, 4.69) is 28.8 Å². The van der Waals surface area contributed by atoms with Crippen molar-refractivity contribution in [2.45, 2.75) is 38.8 Å². The number of hydrogen-bond acceptors (Lipinski definition) is 5. The number of aryl methyl sites for hydroxylation is 1. The first kappa shape index (κ1) is 16.1. The normalized spacial score (nSPS) is 29.2. The van der Waals surface area contributed by atoms with Crippen molar-refractivity contribution in [3.63, 3.8) is 0 Å². The second-order valence-corrected chi connectivity index (χ2v) is 7.55. The molecule has 4 nitrogen and oxygen atoms in total. The van der Waals surface area contributed by atoms with E-state index >= 15 is 0 Å². The number of rotatable bonds is 6. The van der Waals surface area contributed by atoms with E-state index in [1.54, 1.807) is 11.3 Å². The second kappa shape index (κ2) is 7.21. The minimum Gasteiger partial charge on any atom is -0.377 e. The third kappa shape index (κ3) is 3.59. The van der Waals surface area contributed by atoms with Crippen molar-refractivity contribution in [1.29, 1.82) is 0 Å². The number of nitrogens with zero attached hydrogens (tertiary/aromatic N) is 2. The number of hydrogen-bond donors (Lipinski definition) is 0. The molecule has 0 bridgehead atoms. The quantitative estimate of drug-likeness (QED) is 0.596. The van der Waals surface area contributed by atoms with Crippen LogP contribution in [0.1, 0.15) is 30.0 Å². The summed E-state index contributed by atoms with van der Waals surface area (Å²) in [5, 5.41) is 3.33. The molecule has 2 saturated heterocycles. The lowest BCUT2D eigenvalue weighted by molar-refractivity contribution is -0.152. The molecule has 3 rings (SSSR count). The van der Waals surface area contributed by atoms with Gasteiger partial charge >= 0.3 is 0 Å². The Morgan fingerprint density at radius 2 is 2.55 bits per heavy atom. The average Bonchev–Trinajstić information content (AvgIpc) is 2.92. The van der Waals surface area contributed by atoms with Gasteiger partial charge in [0.2, 0.25) is 0 Å². The second-order valence-electron chi connectivity index (χ2n) is 6.49. The summed E-state index contributed by atoms with van der Waals surface area (Å²) < 4.78 is 11.9. The molecule has 2 aliphatic heterocycles. The maximum atomic E-state index is 6.07. The molecule has 0 aliphatic carbocycles. The molecule has 0 aromatic carbocycles. The number of likely N-dealkylation sites (tertiary alicyclic amines) is 1. The average molecular weight is 322 g/mol. The smallest absolute Gasteiger partial charge is 0.0897 e. The highest BCUT2D eigenvalue weighted by Crippen LogP contribution is 2.40. The van der Waals surface area contributed by atoms with Crippen molar-refractivity contribution < 1.29 is 9.47 Å². The van der Waals surface area contributed by atoms with E-state index in [-0.39, 0.29) is 5.41 Å². The summed E-state index contributed by atoms with van der Waals surface area (Å²) in [6.07, 6.45) is 5.60. The summed E-state index contributed by atoms with van der Waals surface area (Å²) in [6.45, 7) is 11.2. The molecule has 22 heavy (non-hydrogen) atoms. The Bertz CT molecular complexity index is 505. The lowest BCUT2D eigenvalue weighted by Gasteiger charge is -2.50. The molecule has 0 saturated carbocycles. The molecular formula is C17H26N2O2S. The van der Waals surface area contributed by atoms with Gasteiger partial charge in [-0.15, -0.1) is 17.9 Å². The zero-order valence-corrected chi connectivity index (χ0v) is 14.2. The maximum Gasteiger partial charge on any atom is 0.0897 e. The van der Waals surface area contributed by atoms with Gasteiger partial charge in [0, 0.05) is 37.0 Å². The zero-order chi connectivity index (χ0) is 15.4. The summed E-state index contributed by atoms with van der Waals surface area (Å²) in [7, 11) is 0. The van der Waals surface area contributed by atoms with Crippen LogP contribution >= 0.6 is 11.3 Å². The van der Waals surface area contributed by atoms with Gasteiger partial charge in [-0.05, 0) is 26.2 Å². The van der Waals surface area contributed by atoms with Gasteiger partial charge in [-0.3, -0.25) is 4.90 Å². The fourth-order valence-electron chi connectivity index (χ4n) is 3.78. The molecule has 0 unspecified atom stereocenters. The van der Waals surface area contributed by atoms with Gasteiger partial charge in [0.15, 0.2) is 0 Å². The molecule has 2 fully saturated rings. The van der Waals surface area contributed by atoms with Crippen LogP contribution in [0.15, 0.2) is 18.0 Å². The van der Waals surface area contributed by atoms with Crippen LogP contribution in [0.3, 0.4) is 0 Å². The minimum atomic E-state index is 0.143. The molecule has 122 valence electrons. The van der Waals surface area contributed by atoms with Crippen LogP contribution in [0.4, 0.5) is 0 Å². The van der Waals surface area contributed by atoms with Crippen LogP contribution in [0, 0.1) is 12.3 Å². The molecule has 1 aromatic rings. The Labute approximate surface area is 137 Å². The van der Waals surface area contributed by atoms with E-state index in [9.17, 15) is 0 Å².